The van der Waals surface area contributed by atoms with E-state index in [4.69, 9.17) is 4.74 Å². The molecule has 1 fully saturated rings. The first-order valence-corrected chi connectivity index (χ1v) is 6.70. The molecule has 2 unspecified atom stereocenters. The Balaban J connectivity index is 2.57. The van der Waals surface area contributed by atoms with Gasteiger partial charge in [0.05, 0.1) is 6.10 Å². The summed E-state index contributed by atoms with van der Waals surface area (Å²) in [5, 5.41) is 9.50. The minimum absolute atomic E-state index is 0.0689. The van der Waals surface area contributed by atoms with Crippen LogP contribution in [0.5, 0.6) is 0 Å². The Hall–Kier alpha value is -0.610. The fourth-order valence-electron chi connectivity index (χ4n) is 2.42. The lowest BCUT2D eigenvalue weighted by molar-refractivity contribution is -0.138. The fraction of sp³-hybridized carbons (Fsp3) is 0.923. The van der Waals surface area contributed by atoms with E-state index in [0.717, 1.165) is 25.8 Å². The van der Waals surface area contributed by atoms with Crippen LogP contribution in [0.1, 0.15) is 46.0 Å². The molecule has 0 saturated carbocycles. The molecule has 100 valence electrons. The van der Waals surface area contributed by atoms with Crippen molar-refractivity contribution in [1.29, 1.82) is 0 Å². The molecule has 0 spiro atoms. The molecular weight excluding hydrogens is 218 g/mol. The minimum Gasteiger partial charge on any atom is -0.393 e. The van der Waals surface area contributed by atoms with Gasteiger partial charge in [-0.1, -0.05) is 12.8 Å². The second-order valence-corrected chi connectivity index (χ2v) is 4.81. The van der Waals surface area contributed by atoms with Gasteiger partial charge in [-0.2, -0.15) is 0 Å². The first-order valence-electron chi connectivity index (χ1n) is 6.70. The van der Waals surface area contributed by atoms with Gasteiger partial charge in [-0.15, -0.1) is 0 Å². The SMILES string of the molecule is CCOCC(=O)N1CCCCCC1CC(C)O. The number of carbonyl (C=O) groups excluding carboxylic acids is 1. The van der Waals surface area contributed by atoms with Crippen LogP contribution >= 0.6 is 0 Å². The lowest BCUT2D eigenvalue weighted by Crippen LogP contribution is -2.43. The van der Waals surface area contributed by atoms with Gasteiger partial charge in [0, 0.05) is 19.2 Å². The van der Waals surface area contributed by atoms with E-state index in [0.29, 0.717) is 13.0 Å². The van der Waals surface area contributed by atoms with E-state index < -0.39 is 0 Å². The Kier molecular flexibility index (Phi) is 6.52. The average Bonchev–Trinajstić information content (AvgIpc) is 2.50. The molecule has 0 bridgehead atoms. The molecule has 1 aliphatic heterocycles. The van der Waals surface area contributed by atoms with Crippen LogP contribution in [-0.4, -0.2) is 47.8 Å². The van der Waals surface area contributed by atoms with Gasteiger partial charge in [0.2, 0.25) is 5.91 Å². The van der Waals surface area contributed by atoms with Crippen molar-refractivity contribution in [3.05, 3.63) is 0 Å². The van der Waals surface area contributed by atoms with Crippen LogP contribution in [0.2, 0.25) is 0 Å². The van der Waals surface area contributed by atoms with Gasteiger partial charge in [0.25, 0.3) is 0 Å². The molecule has 4 nitrogen and oxygen atoms in total. The maximum atomic E-state index is 12.0. The molecule has 0 aromatic rings. The number of aliphatic hydroxyl groups excluding tert-OH is 1. The second-order valence-electron chi connectivity index (χ2n) is 4.81. The van der Waals surface area contributed by atoms with E-state index in [2.05, 4.69) is 0 Å². The molecule has 1 amide bonds. The summed E-state index contributed by atoms with van der Waals surface area (Å²) in [5.41, 5.74) is 0. The molecule has 0 aromatic heterocycles. The van der Waals surface area contributed by atoms with Crippen molar-refractivity contribution in [2.24, 2.45) is 0 Å². The zero-order valence-electron chi connectivity index (χ0n) is 11.0. The molecular formula is C13H25NO3. The molecule has 0 aliphatic carbocycles. The second kappa shape index (κ2) is 7.67. The third-order valence-corrected chi connectivity index (χ3v) is 3.24. The Labute approximate surface area is 104 Å². The monoisotopic (exact) mass is 243 g/mol. The molecule has 1 saturated heterocycles. The lowest BCUT2D eigenvalue weighted by Gasteiger charge is -2.31. The summed E-state index contributed by atoms with van der Waals surface area (Å²) in [6.45, 7) is 5.23. The summed E-state index contributed by atoms with van der Waals surface area (Å²) in [7, 11) is 0. The molecule has 4 heteroatoms. The maximum absolute atomic E-state index is 12.0. The van der Waals surface area contributed by atoms with Crippen molar-refractivity contribution < 1.29 is 14.6 Å². The van der Waals surface area contributed by atoms with Crippen LogP contribution in [0.25, 0.3) is 0 Å². The van der Waals surface area contributed by atoms with Crippen LogP contribution in [0.3, 0.4) is 0 Å². The predicted molar refractivity (Wildman–Crippen MR) is 66.8 cm³/mol. The highest BCUT2D eigenvalue weighted by molar-refractivity contribution is 5.77. The average molecular weight is 243 g/mol. The molecule has 17 heavy (non-hydrogen) atoms. The lowest BCUT2D eigenvalue weighted by atomic mass is 10.0. The summed E-state index contributed by atoms with van der Waals surface area (Å²) in [6.07, 6.45) is 4.72. The summed E-state index contributed by atoms with van der Waals surface area (Å²) in [4.78, 5) is 13.9. The normalized spacial score (nSPS) is 23.2. The molecule has 2 atom stereocenters. The molecule has 1 N–H and O–H groups in total. The van der Waals surface area contributed by atoms with E-state index in [1.165, 1.54) is 6.42 Å². The zero-order valence-corrected chi connectivity index (χ0v) is 11.0. The fourth-order valence-corrected chi connectivity index (χ4v) is 2.42. The van der Waals surface area contributed by atoms with Gasteiger partial charge in [-0.3, -0.25) is 4.79 Å². The standard InChI is InChI=1S/C13H25NO3/c1-3-17-10-13(16)14-8-6-4-5-7-12(14)9-11(2)15/h11-12,15H,3-10H2,1-2H3. The summed E-state index contributed by atoms with van der Waals surface area (Å²) >= 11 is 0. The van der Waals surface area contributed by atoms with Crippen LogP contribution in [0, 0.1) is 0 Å². The number of rotatable bonds is 5. The first kappa shape index (κ1) is 14.5. The van der Waals surface area contributed by atoms with Crippen molar-refractivity contribution in [3.63, 3.8) is 0 Å². The molecule has 0 aromatic carbocycles. The van der Waals surface area contributed by atoms with Crippen LogP contribution in [0.4, 0.5) is 0 Å². The van der Waals surface area contributed by atoms with Crippen molar-refractivity contribution in [1.82, 2.24) is 4.90 Å². The third-order valence-electron chi connectivity index (χ3n) is 3.24. The number of carbonyl (C=O) groups is 1. The quantitative estimate of drug-likeness (QED) is 0.797. The highest BCUT2D eigenvalue weighted by Crippen LogP contribution is 2.20. The highest BCUT2D eigenvalue weighted by Gasteiger charge is 2.26. The third kappa shape index (κ3) is 5.04. The molecule has 0 radical (unpaired) electrons. The number of amides is 1. The number of likely N-dealkylation sites (tertiary alicyclic amines) is 1. The van der Waals surface area contributed by atoms with Crippen LogP contribution in [0.15, 0.2) is 0 Å². The van der Waals surface area contributed by atoms with Crippen molar-refractivity contribution in [3.8, 4) is 0 Å². The highest BCUT2D eigenvalue weighted by atomic mass is 16.5. The Morgan fingerprint density at radius 3 is 2.88 bits per heavy atom. The van der Waals surface area contributed by atoms with Gasteiger partial charge in [0.15, 0.2) is 0 Å². The molecule has 1 rings (SSSR count). The summed E-state index contributed by atoms with van der Waals surface area (Å²) < 4.78 is 5.19. The number of hydrogen-bond donors (Lipinski definition) is 1. The minimum atomic E-state index is -0.347. The van der Waals surface area contributed by atoms with Gasteiger partial charge in [-0.25, -0.2) is 0 Å². The Morgan fingerprint density at radius 1 is 1.47 bits per heavy atom. The van der Waals surface area contributed by atoms with E-state index >= 15 is 0 Å². The summed E-state index contributed by atoms with van der Waals surface area (Å²) in [5.74, 6) is 0.0689. The maximum Gasteiger partial charge on any atom is 0.248 e. The largest absolute Gasteiger partial charge is 0.393 e. The first-order chi connectivity index (χ1) is 8.15. The molecule has 1 heterocycles. The van der Waals surface area contributed by atoms with E-state index in [9.17, 15) is 9.90 Å². The van der Waals surface area contributed by atoms with Gasteiger partial charge < -0.3 is 14.7 Å². The van der Waals surface area contributed by atoms with Gasteiger partial charge in [-0.05, 0) is 33.1 Å². The van der Waals surface area contributed by atoms with E-state index in [-0.39, 0.29) is 24.7 Å². The van der Waals surface area contributed by atoms with E-state index in [1.807, 2.05) is 11.8 Å². The predicted octanol–water partition coefficient (Wildman–Crippen LogP) is 1.57. The van der Waals surface area contributed by atoms with E-state index in [1.54, 1.807) is 6.92 Å². The van der Waals surface area contributed by atoms with Crippen LogP contribution in [-0.2, 0) is 9.53 Å². The van der Waals surface area contributed by atoms with Gasteiger partial charge >= 0.3 is 0 Å². The smallest absolute Gasteiger partial charge is 0.248 e. The van der Waals surface area contributed by atoms with Crippen LogP contribution < -0.4 is 0 Å². The number of nitrogens with zero attached hydrogens (tertiary/aromatic N) is 1. The zero-order chi connectivity index (χ0) is 12.7. The number of hydrogen-bond acceptors (Lipinski definition) is 3. The van der Waals surface area contributed by atoms with Crippen molar-refractivity contribution >= 4 is 5.91 Å². The van der Waals surface area contributed by atoms with Crippen molar-refractivity contribution in [2.75, 3.05) is 19.8 Å². The number of ether oxygens (including phenoxy) is 1. The van der Waals surface area contributed by atoms with Gasteiger partial charge in [0.1, 0.15) is 6.61 Å². The topological polar surface area (TPSA) is 49.8 Å². The van der Waals surface area contributed by atoms with Crippen molar-refractivity contribution in [2.45, 2.75) is 58.1 Å². The number of aliphatic hydroxyl groups is 1. The summed E-state index contributed by atoms with van der Waals surface area (Å²) in [6, 6.07) is 0.186. The Morgan fingerprint density at radius 2 is 2.24 bits per heavy atom. The molecule has 1 aliphatic rings. The Bertz CT molecular complexity index is 231.